The first-order valence-corrected chi connectivity index (χ1v) is 8.72. The lowest BCUT2D eigenvalue weighted by Crippen LogP contribution is -2.51. The maximum Gasteiger partial charge on any atom is 0.317 e. The summed E-state index contributed by atoms with van der Waals surface area (Å²) in [4.78, 5) is 43.4. The number of likely N-dealkylation sites (tertiary alicyclic amines) is 1. The molecule has 0 unspecified atom stereocenters. The number of aromatic amines is 1. The fraction of sp³-hybridized carbons (Fsp3) is 0.588. The van der Waals surface area contributed by atoms with Gasteiger partial charge in [-0.1, -0.05) is 0 Å². The third-order valence-corrected chi connectivity index (χ3v) is 5.33. The van der Waals surface area contributed by atoms with Gasteiger partial charge >= 0.3 is 6.03 Å². The number of nitrogens with zero attached hydrogens (tertiary/aromatic N) is 2. The van der Waals surface area contributed by atoms with E-state index in [1.54, 1.807) is 11.0 Å². The molecule has 2 aliphatic heterocycles. The van der Waals surface area contributed by atoms with Crippen LogP contribution in [0.4, 0.5) is 4.79 Å². The molecule has 7 heteroatoms. The molecule has 2 saturated heterocycles. The second kappa shape index (κ2) is 5.96. The molecule has 4 rings (SSSR count). The van der Waals surface area contributed by atoms with Crippen molar-refractivity contribution in [2.45, 2.75) is 38.1 Å². The molecule has 0 bridgehead atoms. The SMILES string of the molecule is O=C(c1cc2c([nH]c1=O)CCC2)N1CCC[C@H](N2CCNC2=O)C1. The quantitative estimate of drug-likeness (QED) is 0.828. The van der Waals surface area contributed by atoms with E-state index in [1.165, 1.54) is 0 Å². The molecule has 24 heavy (non-hydrogen) atoms. The molecule has 1 aromatic heterocycles. The Morgan fingerprint density at radius 1 is 1.17 bits per heavy atom. The number of amides is 3. The lowest BCUT2D eigenvalue weighted by molar-refractivity contribution is 0.0632. The van der Waals surface area contributed by atoms with Crippen LogP contribution in [0.1, 0.15) is 40.9 Å². The molecule has 3 amide bonds. The van der Waals surface area contributed by atoms with Gasteiger partial charge in [-0.25, -0.2) is 4.79 Å². The highest BCUT2D eigenvalue weighted by atomic mass is 16.2. The van der Waals surface area contributed by atoms with E-state index in [4.69, 9.17) is 0 Å². The average molecular weight is 330 g/mol. The number of urea groups is 1. The van der Waals surface area contributed by atoms with Gasteiger partial charge in [0, 0.05) is 31.9 Å². The lowest BCUT2D eigenvalue weighted by atomic mass is 10.0. The third kappa shape index (κ3) is 2.57. The van der Waals surface area contributed by atoms with Gasteiger partial charge in [-0.3, -0.25) is 9.59 Å². The number of piperidine rings is 1. The Kier molecular flexibility index (Phi) is 3.78. The van der Waals surface area contributed by atoms with Crippen LogP contribution in [0.5, 0.6) is 0 Å². The first-order chi connectivity index (χ1) is 11.6. The van der Waals surface area contributed by atoms with E-state index in [1.807, 2.05) is 4.90 Å². The van der Waals surface area contributed by atoms with Crippen molar-refractivity contribution < 1.29 is 9.59 Å². The molecule has 3 heterocycles. The van der Waals surface area contributed by atoms with E-state index >= 15 is 0 Å². The topological polar surface area (TPSA) is 85.5 Å². The fourth-order valence-corrected chi connectivity index (χ4v) is 4.07. The number of nitrogens with one attached hydrogen (secondary N) is 2. The summed E-state index contributed by atoms with van der Waals surface area (Å²) >= 11 is 0. The van der Waals surface area contributed by atoms with E-state index in [-0.39, 0.29) is 29.1 Å². The van der Waals surface area contributed by atoms with Crippen molar-refractivity contribution in [3.05, 3.63) is 33.2 Å². The molecule has 1 aliphatic carbocycles. The van der Waals surface area contributed by atoms with Crippen LogP contribution in [0.2, 0.25) is 0 Å². The van der Waals surface area contributed by atoms with E-state index in [0.717, 1.165) is 43.4 Å². The highest BCUT2D eigenvalue weighted by Gasteiger charge is 2.33. The summed E-state index contributed by atoms with van der Waals surface area (Å²) in [7, 11) is 0. The minimum atomic E-state index is -0.290. The number of carbonyl (C=O) groups is 2. The van der Waals surface area contributed by atoms with Crippen LogP contribution >= 0.6 is 0 Å². The summed E-state index contributed by atoms with van der Waals surface area (Å²) in [6.45, 7) is 2.49. The lowest BCUT2D eigenvalue weighted by Gasteiger charge is -2.37. The van der Waals surface area contributed by atoms with Gasteiger partial charge in [0.25, 0.3) is 11.5 Å². The van der Waals surface area contributed by atoms with Crippen LogP contribution in [-0.2, 0) is 12.8 Å². The van der Waals surface area contributed by atoms with E-state index < -0.39 is 0 Å². The van der Waals surface area contributed by atoms with Gasteiger partial charge in [-0.05, 0) is 43.7 Å². The predicted molar refractivity (Wildman–Crippen MR) is 88.1 cm³/mol. The Labute approximate surface area is 140 Å². The molecule has 2 fully saturated rings. The summed E-state index contributed by atoms with van der Waals surface area (Å²) in [5.41, 5.74) is 2.01. The number of H-pyrrole nitrogens is 1. The van der Waals surface area contributed by atoms with Crippen LogP contribution in [0.3, 0.4) is 0 Å². The van der Waals surface area contributed by atoms with Crippen LogP contribution in [0.15, 0.2) is 10.9 Å². The Hall–Kier alpha value is -2.31. The van der Waals surface area contributed by atoms with Crippen LogP contribution in [0.25, 0.3) is 0 Å². The zero-order valence-corrected chi connectivity index (χ0v) is 13.6. The second-order valence-electron chi connectivity index (χ2n) is 6.84. The van der Waals surface area contributed by atoms with Gasteiger partial charge in [-0.2, -0.15) is 0 Å². The largest absolute Gasteiger partial charge is 0.336 e. The number of carbonyl (C=O) groups excluding carboxylic acids is 2. The van der Waals surface area contributed by atoms with Crippen molar-refractivity contribution in [3.8, 4) is 0 Å². The Morgan fingerprint density at radius 3 is 2.83 bits per heavy atom. The summed E-state index contributed by atoms with van der Waals surface area (Å²) < 4.78 is 0. The number of pyridine rings is 1. The van der Waals surface area contributed by atoms with E-state index in [2.05, 4.69) is 10.3 Å². The molecule has 0 spiro atoms. The molecule has 1 atom stereocenters. The van der Waals surface area contributed by atoms with Gasteiger partial charge < -0.3 is 20.1 Å². The first-order valence-electron chi connectivity index (χ1n) is 8.72. The summed E-state index contributed by atoms with van der Waals surface area (Å²) in [5.74, 6) is -0.213. The standard InChI is InChI=1S/C17H22N4O3/c22-15-13(9-11-3-1-5-14(11)19-15)16(23)20-7-2-4-12(10-20)21-8-6-18-17(21)24/h9,12H,1-8,10H2,(H,18,24)(H,19,22)/t12-/m0/s1. The fourth-order valence-electron chi connectivity index (χ4n) is 4.07. The Balaban J connectivity index is 1.54. The van der Waals surface area contributed by atoms with Crippen molar-refractivity contribution in [2.75, 3.05) is 26.2 Å². The van der Waals surface area contributed by atoms with Crippen LogP contribution in [-0.4, -0.2) is 58.9 Å². The summed E-state index contributed by atoms with van der Waals surface area (Å²) in [6, 6.07) is 1.76. The highest BCUT2D eigenvalue weighted by Crippen LogP contribution is 2.22. The number of aromatic nitrogens is 1. The van der Waals surface area contributed by atoms with Crippen molar-refractivity contribution >= 4 is 11.9 Å². The molecule has 0 radical (unpaired) electrons. The molecular weight excluding hydrogens is 308 g/mol. The number of hydrogen-bond donors (Lipinski definition) is 2. The minimum Gasteiger partial charge on any atom is -0.336 e. The number of fused-ring (bicyclic) bond motifs is 1. The van der Waals surface area contributed by atoms with Gasteiger partial charge in [0.1, 0.15) is 5.56 Å². The smallest absolute Gasteiger partial charge is 0.317 e. The van der Waals surface area contributed by atoms with Gasteiger partial charge in [0.15, 0.2) is 0 Å². The zero-order valence-electron chi connectivity index (χ0n) is 13.6. The molecule has 7 nitrogen and oxygen atoms in total. The number of aryl methyl sites for hydroxylation is 2. The van der Waals surface area contributed by atoms with Crippen molar-refractivity contribution in [1.29, 1.82) is 0 Å². The molecule has 3 aliphatic rings. The Morgan fingerprint density at radius 2 is 2.04 bits per heavy atom. The summed E-state index contributed by atoms with van der Waals surface area (Å²) in [6.07, 6.45) is 4.58. The van der Waals surface area contributed by atoms with Gasteiger partial charge in [0.2, 0.25) is 0 Å². The van der Waals surface area contributed by atoms with Crippen molar-refractivity contribution in [1.82, 2.24) is 20.1 Å². The Bertz CT molecular complexity index is 742. The second-order valence-corrected chi connectivity index (χ2v) is 6.84. The van der Waals surface area contributed by atoms with E-state index in [9.17, 15) is 14.4 Å². The number of hydrogen-bond acceptors (Lipinski definition) is 3. The average Bonchev–Trinajstić information content (AvgIpc) is 3.21. The number of rotatable bonds is 2. The first kappa shape index (κ1) is 15.2. The highest BCUT2D eigenvalue weighted by molar-refractivity contribution is 5.94. The van der Waals surface area contributed by atoms with Crippen LogP contribution < -0.4 is 10.9 Å². The predicted octanol–water partition coefficient (Wildman–Crippen LogP) is 0.493. The zero-order chi connectivity index (χ0) is 16.7. The van der Waals surface area contributed by atoms with Crippen molar-refractivity contribution in [3.63, 3.8) is 0 Å². The molecule has 128 valence electrons. The molecular formula is C17H22N4O3. The van der Waals surface area contributed by atoms with Crippen molar-refractivity contribution in [2.24, 2.45) is 0 Å². The summed E-state index contributed by atoms with van der Waals surface area (Å²) in [5, 5.41) is 2.81. The monoisotopic (exact) mass is 330 g/mol. The molecule has 0 saturated carbocycles. The maximum atomic E-state index is 12.8. The minimum absolute atomic E-state index is 0.0405. The molecule has 2 N–H and O–H groups in total. The van der Waals surface area contributed by atoms with Crippen LogP contribution in [0, 0.1) is 0 Å². The maximum absolute atomic E-state index is 12.8. The van der Waals surface area contributed by atoms with Gasteiger partial charge in [0.05, 0.1) is 6.04 Å². The van der Waals surface area contributed by atoms with Gasteiger partial charge in [-0.15, -0.1) is 0 Å². The normalized spacial score (nSPS) is 23.3. The third-order valence-electron chi connectivity index (χ3n) is 5.33. The molecule has 0 aromatic carbocycles. The molecule has 1 aromatic rings. The van der Waals surface area contributed by atoms with E-state index in [0.29, 0.717) is 26.2 Å².